The number of nitrogens with zero attached hydrogens (tertiary/aromatic N) is 1. The number of aryl methyl sites for hydroxylation is 2. The number of hydrogen-bond donors (Lipinski definition) is 0. The van der Waals surface area contributed by atoms with Crippen molar-refractivity contribution in [2.75, 3.05) is 0 Å². The zero-order chi connectivity index (χ0) is 10.9. The molecule has 0 aliphatic carbocycles. The van der Waals surface area contributed by atoms with E-state index in [0.717, 1.165) is 10.0 Å². The summed E-state index contributed by atoms with van der Waals surface area (Å²) in [6.45, 7) is 7.98. The molecule has 0 unspecified atom stereocenters. The Balaban J connectivity index is 3.35. The van der Waals surface area contributed by atoms with Crippen molar-refractivity contribution >= 4 is 15.9 Å². The van der Waals surface area contributed by atoms with Crippen LogP contribution in [0.2, 0.25) is 0 Å². The topological polar surface area (TPSA) is 23.8 Å². The lowest BCUT2D eigenvalue weighted by Gasteiger charge is -2.18. The minimum Gasteiger partial charge on any atom is -0.197 e. The van der Waals surface area contributed by atoms with Crippen molar-refractivity contribution < 1.29 is 0 Å². The lowest BCUT2D eigenvalue weighted by atomic mass is 9.85. The molecule has 1 aromatic carbocycles. The molecule has 0 saturated carbocycles. The van der Waals surface area contributed by atoms with Crippen molar-refractivity contribution in [3.8, 4) is 6.07 Å². The van der Waals surface area contributed by atoms with Gasteiger partial charge in [-0.1, -0.05) is 28.1 Å². The van der Waals surface area contributed by atoms with Crippen LogP contribution in [-0.4, -0.2) is 0 Å². The number of halogens is 1. The van der Waals surface area contributed by atoms with Crippen molar-refractivity contribution in [2.24, 2.45) is 0 Å². The van der Waals surface area contributed by atoms with Crippen LogP contribution in [0.25, 0.3) is 0 Å². The smallest absolute Gasteiger partial charge is 0.0766 e. The van der Waals surface area contributed by atoms with E-state index in [9.17, 15) is 0 Å². The van der Waals surface area contributed by atoms with Crippen molar-refractivity contribution in [2.45, 2.75) is 33.1 Å². The van der Waals surface area contributed by atoms with Gasteiger partial charge in [0.1, 0.15) is 0 Å². The van der Waals surface area contributed by atoms with Gasteiger partial charge in [-0.2, -0.15) is 5.26 Å². The number of hydrogen-bond acceptors (Lipinski definition) is 1. The lowest BCUT2D eigenvalue weighted by Crippen LogP contribution is -2.14. The summed E-state index contributed by atoms with van der Waals surface area (Å²) in [7, 11) is 0. The molecule has 0 radical (unpaired) electrons. The molecule has 0 aromatic heterocycles. The normalized spacial score (nSPS) is 11.1. The predicted molar refractivity (Wildman–Crippen MR) is 62.3 cm³/mol. The Bertz CT molecular complexity index is 376. The molecule has 0 spiro atoms. The number of nitriles is 1. The van der Waals surface area contributed by atoms with Crippen LogP contribution < -0.4 is 0 Å². The number of benzene rings is 1. The fourth-order valence-corrected chi connectivity index (χ4v) is 1.60. The first kappa shape index (κ1) is 11.3. The van der Waals surface area contributed by atoms with Gasteiger partial charge in [0.25, 0.3) is 0 Å². The maximum Gasteiger partial charge on any atom is 0.0766 e. The molecule has 0 amide bonds. The van der Waals surface area contributed by atoms with Gasteiger partial charge in [0.15, 0.2) is 0 Å². The minimum atomic E-state index is -0.407. The van der Waals surface area contributed by atoms with E-state index >= 15 is 0 Å². The summed E-state index contributed by atoms with van der Waals surface area (Å²) < 4.78 is 1.13. The van der Waals surface area contributed by atoms with Crippen LogP contribution in [0, 0.1) is 25.2 Å². The maximum atomic E-state index is 9.04. The molecule has 2 heteroatoms. The average molecular weight is 252 g/mol. The Morgan fingerprint density at radius 2 is 1.64 bits per heavy atom. The molecule has 1 aromatic rings. The first-order chi connectivity index (χ1) is 6.38. The maximum absolute atomic E-state index is 9.04. The van der Waals surface area contributed by atoms with Crippen molar-refractivity contribution in [1.29, 1.82) is 5.26 Å². The fraction of sp³-hybridized carbons (Fsp3) is 0.417. The molecule has 0 N–H and O–H groups in total. The summed E-state index contributed by atoms with van der Waals surface area (Å²) in [5.41, 5.74) is 3.04. The van der Waals surface area contributed by atoms with Gasteiger partial charge in [-0.05, 0) is 44.4 Å². The van der Waals surface area contributed by atoms with E-state index in [-0.39, 0.29) is 0 Å². The third kappa shape index (κ3) is 1.99. The van der Waals surface area contributed by atoms with Crippen molar-refractivity contribution in [1.82, 2.24) is 0 Å². The lowest BCUT2D eigenvalue weighted by molar-refractivity contribution is 0.685. The first-order valence-corrected chi connectivity index (χ1v) is 5.36. The number of rotatable bonds is 1. The molecule has 1 nitrogen and oxygen atoms in total. The Hall–Kier alpha value is -0.810. The van der Waals surface area contributed by atoms with E-state index < -0.39 is 5.41 Å². The van der Waals surface area contributed by atoms with Crippen LogP contribution in [0.4, 0.5) is 0 Å². The summed E-state index contributed by atoms with van der Waals surface area (Å²) in [6.07, 6.45) is 0. The monoisotopic (exact) mass is 251 g/mol. The SMILES string of the molecule is Cc1cc(C(C)(C)C#N)cc(C)c1Br. The molecule has 0 saturated heterocycles. The second kappa shape index (κ2) is 3.74. The second-order valence-corrected chi connectivity index (χ2v) is 4.95. The van der Waals surface area contributed by atoms with Crippen LogP contribution in [0.15, 0.2) is 16.6 Å². The summed E-state index contributed by atoms with van der Waals surface area (Å²) in [4.78, 5) is 0. The quantitative estimate of drug-likeness (QED) is 0.744. The van der Waals surface area contributed by atoms with Gasteiger partial charge in [0, 0.05) is 4.47 Å². The van der Waals surface area contributed by atoms with Crippen LogP contribution >= 0.6 is 15.9 Å². The molecule has 0 heterocycles. The molecule has 74 valence electrons. The molecule has 0 fully saturated rings. The van der Waals surface area contributed by atoms with E-state index in [0.29, 0.717) is 0 Å². The fourth-order valence-electron chi connectivity index (χ4n) is 1.37. The zero-order valence-corrected chi connectivity index (χ0v) is 10.6. The summed E-state index contributed by atoms with van der Waals surface area (Å²) >= 11 is 3.52. The molecule has 14 heavy (non-hydrogen) atoms. The van der Waals surface area contributed by atoms with Gasteiger partial charge in [-0.15, -0.1) is 0 Å². The third-order valence-electron chi connectivity index (χ3n) is 2.44. The van der Waals surface area contributed by atoms with Gasteiger partial charge < -0.3 is 0 Å². The van der Waals surface area contributed by atoms with Gasteiger partial charge in [-0.25, -0.2) is 0 Å². The average Bonchev–Trinajstić information content (AvgIpc) is 2.13. The van der Waals surface area contributed by atoms with Gasteiger partial charge in [0.2, 0.25) is 0 Å². The summed E-state index contributed by atoms with van der Waals surface area (Å²) in [5, 5.41) is 9.04. The van der Waals surface area contributed by atoms with Crippen molar-refractivity contribution in [3.63, 3.8) is 0 Å². The van der Waals surface area contributed by atoms with E-state index in [1.165, 1.54) is 11.1 Å². The highest BCUT2D eigenvalue weighted by Crippen LogP contribution is 2.29. The molecule has 0 aliphatic heterocycles. The van der Waals surface area contributed by atoms with E-state index in [2.05, 4.69) is 34.1 Å². The predicted octanol–water partition coefficient (Wildman–Crippen LogP) is 3.87. The standard InChI is InChI=1S/C12H14BrN/c1-8-5-10(12(3,4)7-14)6-9(2)11(8)13/h5-6H,1-4H3. The largest absolute Gasteiger partial charge is 0.197 e. The molecular weight excluding hydrogens is 238 g/mol. The Kier molecular flexibility index (Phi) is 3.01. The first-order valence-electron chi connectivity index (χ1n) is 4.57. The third-order valence-corrected chi connectivity index (χ3v) is 3.69. The molecule has 1 rings (SSSR count). The summed E-state index contributed by atoms with van der Waals surface area (Å²) in [5.74, 6) is 0. The van der Waals surface area contributed by atoms with Crippen LogP contribution in [0.5, 0.6) is 0 Å². The molecule has 0 atom stereocenters. The minimum absolute atomic E-state index is 0.407. The highest BCUT2D eigenvalue weighted by atomic mass is 79.9. The van der Waals surface area contributed by atoms with E-state index in [4.69, 9.17) is 5.26 Å². The van der Waals surface area contributed by atoms with Crippen LogP contribution in [0.3, 0.4) is 0 Å². The second-order valence-electron chi connectivity index (χ2n) is 4.16. The molecule has 0 aliphatic rings. The Labute approximate surface area is 93.9 Å². The van der Waals surface area contributed by atoms with Crippen LogP contribution in [0.1, 0.15) is 30.5 Å². The van der Waals surface area contributed by atoms with Gasteiger partial charge in [-0.3, -0.25) is 0 Å². The highest BCUT2D eigenvalue weighted by Gasteiger charge is 2.20. The van der Waals surface area contributed by atoms with E-state index in [1.54, 1.807) is 0 Å². The Morgan fingerprint density at radius 3 is 2.00 bits per heavy atom. The summed E-state index contributed by atoms with van der Waals surface area (Å²) in [6, 6.07) is 6.46. The van der Waals surface area contributed by atoms with Crippen molar-refractivity contribution in [3.05, 3.63) is 33.3 Å². The van der Waals surface area contributed by atoms with Gasteiger partial charge in [0.05, 0.1) is 11.5 Å². The van der Waals surface area contributed by atoms with Crippen LogP contribution in [-0.2, 0) is 5.41 Å². The Morgan fingerprint density at radius 1 is 1.21 bits per heavy atom. The van der Waals surface area contributed by atoms with Gasteiger partial charge >= 0.3 is 0 Å². The van der Waals surface area contributed by atoms with E-state index in [1.807, 2.05) is 27.7 Å². The molecule has 0 bridgehead atoms. The molecular formula is C12H14BrN. The zero-order valence-electron chi connectivity index (χ0n) is 8.98. The highest BCUT2D eigenvalue weighted by molar-refractivity contribution is 9.10.